The Morgan fingerprint density at radius 2 is 2.20 bits per heavy atom. The zero-order valence-corrected chi connectivity index (χ0v) is 6.06. The van der Waals surface area contributed by atoms with Gasteiger partial charge in [-0.05, 0) is 25.5 Å². The first kappa shape index (κ1) is 6.86. The van der Waals surface area contributed by atoms with E-state index in [4.69, 9.17) is 5.73 Å². The first-order valence-corrected chi connectivity index (χ1v) is 3.07. The molecule has 1 amide bonds. The summed E-state index contributed by atoms with van der Waals surface area (Å²) >= 11 is 0. The predicted molar refractivity (Wildman–Crippen MR) is 38.8 cm³/mol. The number of amides is 1. The van der Waals surface area contributed by atoms with Crippen LogP contribution in [0.5, 0.6) is 0 Å². The molecule has 0 aromatic carbocycles. The smallest absolute Gasteiger partial charge is 0.265 e. The molecule has 0 bridgehead atoms. The second kappa shape index (κ2) is 2.17. The second-order valence-electron chi connectivity index (χ2n) is 2.36. The molecule has 0 aliphatic heterocycles. The minimum atomic E-state index is -0.406. The van der Waals surface area contributed by atoms with Crippen molar-refractivity contribution in [3.8, 4) is 0 Å². The van der Waals surface area contributed by atoms with E-state index >= 15 is 0 Å². The lowest BCUT2D eigenvalue weighted by molar-refractivity contribution is 0.0996. The second-order valence-corrected chi connectivity index (χ2v) is 2.36. The molecule has 1 heterocycles. The topological polar surface area (TPSA) is 58.9 Å². The number of hydrogen-bond acceptors (Lipinski definition) is 1. The number of aromatic amines is 1. The summed E-state index contributed by atoms with van der Waals surface area (Å²) in [4.78, 5) is 13.4. The van der Waals surface area contributed by atoms with Crippen LogP contribution in [0.1, 0.15) is 21.7 Å². The van der Waals surface area contributed by atoms with E-state index in [0.717, 1.165) is 11.3 Å². The average molecular weight is 138 g/mol. The van der Waals surface area contributed by atoms with Gasteiger partial charge < -0.3 is 10.7 Å². The predicted octanol–water partition coefficient (Wildman–Crippen LogP) is 0.730. The molecule has 0 aliphatic carbocycles. The van der Waals surface area contributed by atoms with Crippen LogP contribution in [0.15, 0.2) is 6.07 Å². The van der Waals surface area contributed by atoms with Crippen molar-refractivity contribution >= 4 is 5.91 Å². The van der Waals surface area contributed by atoms with Crippen LogP contribution in [-0.2, 0) is 0 Å². The molecule has 0 radical (unpaired) electrons. The summed E-state index contributed by atoms with van der Waals surface area (Å²) < 4.78 is 0. The Kier molecular flexibility index (Phi) is 1.49. The van der Waals surface area contributed by atoms with E-state index in [0.29, 0.717) is 5.69 Å². The minimum absolute atomic E-state index is 0.406. The number of H-pyrrole nitrogens is 1. The van der Waals surface area contributed by atoms with Gasteiger partial charge in [-0.1, -0.05) is 0 Å². The summed E-state index contributed by atoms with van der Waals surface area (Å²) in [6.07, 6.45) is 0. The van der Waals surface area contributed by atoms with Gasteiger partial charge in [0.1, 0.15) is 5.69 Å². The Labute approximate surface area is 59.2 Å². The molecule has 3 heteroatoms. The number of aryl methyl sites for hydroxylation is 2. The first-order valence-electron chi connectivity index (χ1n) is 3.07. The van der Waals surface area contributed by atoms with E-state index in [1.807, 2.05) is 13.8 Å². The number of hydrogen-bond donors (Lipinski definition) is 2. The van der Waals surface area contributed by atoms with Crippen LogP contribution < -0.4 is 5.73 Å². The van der Waals surface area contributed by atoms with Crippen molar-refractivity contribution in [2.24, 2.45) is 5.73 Å². The van der Waals surface area contributed by atoms with Gasteiger partial charge in [-0.3, -0.25) is 4.79 Å². The summed E-state index contributed by atoms with van der Waals surface area (Å²) in [5.41, 5.74) is 7.57. The van der Waals surface area contributed by atoms with Gasteiger partial charge in [0.15, 0.2) is 0 Å². The molecule has 0 atom stereocenters. The van der Waals surface area contributed by atoms with Crippen molar-refractivity contribution in [1.29, 1.82) is 0 Å². The molecule has 0 saturated carbocycles. The molecule has 1 rings (SSSR count). The maximum absolute atomic E-state index is 10.6. The third-order valence-electron chi connectivity index (χ3n) is 1.54. The van der Waals surface area contributed by atoms with Crippen molar-refractivity contribution < 1.29 is 4.79 Å². The lowest BCUT2D eigenvalue weighted by atomic mass is 10.3. The number of nitrogens with one attached hydrogen (secondary N) is 1. The summed E-state index contributed by atoms with van der Waals surface area (Å²) in [7, 11) is 0. The van der Waals surface area contributed by atoms with Crippen molar-refractivity contribution in [2.45, 2.75) is 13.8 Å². The summed E-state index contributed by atoms with van der Waals surface area (Å²) in [6, 6.07) is 1.75. The molecule has 1 aromatic heterocycles. The number of primary amides is 1. The lowest BCUT2D eigenvalue weighted by Crippen LogP contribution is -2.10. The number of rotatable bonds is 1. The SMILES string of the molecule is Cc1cc(C(N)=O)[nH]c1C. The number of carbonyl (C=O) groups excluding carboxylic acids is 1. The molecule has 0 fully saturated rings. The Bertz CT molecular complexity index is 243. The van der Waals surface area contributed by atoms with E-state index in [2.05, 4.69) is 4.98 Å². The van der Waals surface area contributed by atoms with E-state index < -0.39 is 5.91 Å². The third kappa shape index (κ3) is 1.03. The van der Waals surface area contributed by atoms with Crippen LogP contribution in [0, 0.1) is 13.8 Å². The molecular formula is C7H10N2O. The highest BCUT2D eigenvalue weighted by molar-refractivity contribution is 5.91. The van der Waals surface area contributed by atoms with Crippen LogP contribution in [0.25, 0.3) is 0 Å². The van der Waals surface area contributed by atoms with Gasteiger partial charge >= 0.3 is 0 Å². The number of nitrogens with two attached hydrogens (primary N) is 1. The summed E-state index contributed by atoms with van der Waals surface area (Å²) in [5.74, 6) is -0.406. The van der Waals surface area contributed by atoms with Gasteiger partial charge in [0.05, 0.1) is 0 Å². The minimum Gasteiger partial charge on any atom is -0.364 e. The van der Waals surface area contributed by atoms with E-state index in [-0.39, 0.29) is 0 Å². The fourth-order valence-electron chi connectivity index (χ4n) is 0.794. The summed E-state index contributed by atoms with van der Waals surface area (Å²) in [6.45, 7) is 3.83. The monoisotopic (exact) mass is 138 g/mol. The summed E-state index contributed by atoms with van der Waals surface area (Å²) in [5, 5.41) is 0. The Morgan fingerprint density at radius 3 is 2.40 bits per heavy atom. The molecule has 0 saturated heterocycles. The zero-order chi connectivity index (χ0) is 7.72. The largest absolute Gasteiger partial charge is 0.364 e. The molecule has 54 valence electrons. The third-order valence-corrected chi connectivity index (χ3v) is 1.54. The molecule has 0 spiro atoms. The normalized spacial score (nSPS) is 9.80. The van der Waals surface area contributed by atoms with Crippen molar-refractivity contribution in [3.05, 3.63) is 23.0 Å². The van der Waals surface area contributed by atoms with Gasteiger partial charge in [0.2, 0.25) is 0 Å². The Hall–Kier alpha value is -1.25. The standard InChI is InChI=1S/C7H10N2O/c1-4-3-6(7(8)10)9-5(4)2/h3,9H,1-2H3,(H2,8,10). The molecule has 3 nitrogen and oxygen atoms in total. The highest BCUT2D eigenvalue weighted by atomic mass is 16.1. The molecule has 0 aliphatic rings. The fourth-order valence-corrected chi connectivity index (χ4v) is 0.794. The zero-order valence-electron chi connectivity index (χ0n) is 6.06. The van der Waals surface area contributed by atoms with Gasteiger partial charge in [0, 0.05) is 5.69 Å². The van der Waals surface area contributed by atoms with Gasteiger partial charge in [-0.2, -0.15) is 0 Å². The van der Waals surface area contributed by atoms with Gasteiger partial charge in [-0.15, -0.1) is 0 Å². The van der Waals surface area contributed by atoms with Crippen LogP contribution in [0.4, 0.5) is 0 Å². The average Bonchev–Trinajstić information content (AvgIpc) is 2.13. The molecule has 3 N–H and O–H groups in total. The Morgan fingerprint density at radius 1 is 1.60 bits per heavy atom. The molecule has 1 aromatic rings. The van der Waals surface area contributed by atoms with E-state index in [1.54, 1.807) is 6.07 Å². The quantitative estimate of drug-likeness (QED) is 0.590. The van der Waals surface area contributed by atoms with Crippen LogP contribution in [-0.4, -0.2) is 10.9 Å². The van der Waals surface area contributed by atoms with Gasteiger partial charge in [0.25, 0.3) is 5.91 Å². The van der Waals surface area contributed by atoms with E-state index in [1.165, 1.54) is 0 Å². The fraction of sp³-hybridized carbons (Fsp3) is 0.286. The van der Waals surface area contributed by atoms with Crippen molar-refractivity contribution in [1.82, 2.24) is 4.98 Å². The molecule has 0 unspecified atom stereocenters. The van der Waals surface area contributed by atoms with Crippen molar-refractivity contribution in [2.75, 3.05) is 0 Å². The number of aromatic nitrogens is 1. The number of carbonyl (C=O) groups is 1. The van der Waals surface area contributed by atoms with Gasteiger partial charge in [-0.25, -0.2) is 0 Å². The highest BCUT2D eigenvalue weighted by Crippen LogP contribution is 2.06. The molecule has 10 heavy (non-hydrogen) atoms. The highest BCUT2D eigenvalue weighted by Gasteiger charge is 2.03. The van der Waals surface area contributed by atoms with Crippen molar-refractivity contribution in [3.63, 3.8) is 0 Å². The first-order chi connectivity index (χ1) is 4.61. The molecular weight excluding hydrogens is 128 g/mol. The maximum Gasteiger partial charge on any atom is 0.265 e. The van der Waals surface area contributed by atoms with Crippen LogP contribution in [0.3, 0.4) is 0 Å². The van der Waals surface area contributed by atoms with Crippen LogP contribution >= 0.6 is 0 Å². The van der Waals surface area contributed by atoms with Crippen LogP contribution in [0.2, 0.25) is 0 Å². The Balaban J connectivity index is 3.10. The maximum atomic E-state index is 10.6. The lowest BCUT2D eigenvalue weighted by Gasteiger charge is -1.85. The van der Waals surface area contributed by atoms with E-state index in [9.17, 15) is 4.79 Å².